The van der Waals surface area contributed by atoms with Gasteiger partial charge in [-0.1, -0.05) is 12.1 Å². The van der Waals surface area contributed by atoms with Crippen molar-refractivity contribution in [3.8, 4) is 0 Å². The largest absolute Gasteiger partial charge is 0.478 e. The summed E-state index contributed by atoms with van der Waals surface area (Å²) in [6.45, 7) is 5.17. The molecule has 1 aromatic heterocycles. The van der Waals surface area contributed by atoms with E-state index in [1.54, 1.807) is 18.2 Å². The summed E-state index contributed by atoms with van der Waals surface area (Å²) in [5.74, 6) is 0.609. The molecular weight excluding hydrogens is 318 g/mol. The summed E-state index contributed by atoms with van der Waals surface area (Å²) in [6, 6.07) is 7.21. The Morgan fingerprint density at radius 2 is 2.24 bits per heavy atom. The van der Waals surface area contributed by atoms with Crippen LogP contribution in [0.5, 0.6) is 0 Å². The highest BCUT2D eigenvalue weighted by molar-refractivity contribution is 5.87. The number of hydrogen-bond acceptors (Lipinski definition) is 4. The molecular formula is C19H25N3O3. The highest BCUT2D eigenvalue weighted by atomic mass is 16.5. The number of aryl methyl sites for hydroxylation is 1. The van der Waals surface area contributed by atoms with Crippen LogP contribution in [-0.4, -0.2) is 33.8 Å². The number of nitrogens with one attached hydrogen (secondary N) is 1. The van der Waals surface area contributed by atoms with Gasteiger partial charge < -0.3 is 19.7 Å². The molecule has 0 aliphatic carbocycles. The zero-order chi connectivity index (χ0) is 17.6. The predicted octanol–water partition coefficient (Wildman–Crippen LogP) is 2.86. The van der Waals surface area contributed by atoms with Gasteiger partial charge in [-0.2, -0.15) is 0 Å². The second-order valence-electron chi connectivity index (χ2n) is 6.39. The summed E-state index contributed by atoms with van der Waals surface area (Å²) in [7, 11) is 0. The van der Waals surface area contributed by atoms with Crippen LogP contribution >= 0.6 is 0 Å². The van der Waals surface area contributed by atoms with Crippen molar-refractivity contribution in [1.29, 1.82) is 0 Å². The van der Waals surface area contributed by atoms with E-state index >= 15 is 0 Å². The van der Waals surface area contributed by atoms with Gasteiger partial charge in [0.25, 0.3) is 0 Å². The SMILES string of the molecule is CCn1ccnc1C(NCc1cccc(C(=O)O)c1)C1CCOCC1. The van der Waals surface area contributed by atoms with Gasteiger partial charge in [0.05, 0.1) is 11.6 Å². The van der Waals surface area contributed by atoms with Crippen LogP contribution in [0, 0.1) is 5.92 Å². The van der Waals surface area contributed by atoms with E-state index in [2.05, 4.69) is 21.8 Å². The van der Waals surface area contributed by atoms with Gasteiger partial charge in [-0.05, 0) is 43.4 Å². The Balaban J connectivity index is 1.78. The second kappa shape index (κ2) is 8.27. The Morgan fingerprint density at radius 3 is 2.96 bits per heavy atom. The normalized spacial score (nSPS) is 16.7. The lowest BCUT2D eigenvalue weighted by molar-refractivity contribution is 0.0517. The average Bonchev–Trinajstić information content (AvgIpc) is 3.11. The van der Waals surface area contributed by atoms with E-state index < -0.39 is 5.97 Å². The minimum Gasteiger partial charge on any atom is -0.478 e. The maximum Gasteiger partial charge on any atom is 0.335 e. The molecule has 6 heteroatoms. The molecule has 0 spiro atoms. The van der Waals surface area contributed by atoms with Gasteiger partial charge in [0.2, 0.25) is 0 Å². The van der Waals surface area contributed by atoms with Gasteiger partial charge in [-0.15, -0.1) is 0 Å². The molecule has 0 radical (unpaired) electrons. The monoisotopic (exact) mass is 343 g/mol. The molecule has 1 unspecified atom stereocenters. The van der Waals surface area contributed by atoms with Crippen LogP contribution < -0.4 is 5.32 Å². The third-order valence-corrected chi connectivity index (χ3v) is 4.80. The maximum atomic E-state index is 11.2. The van der Waals surface area contributed by atoms with Gasteiger partial charge in [-0.25, -0.2) is 9.78 Å². The lowest BCUT2D eigenvalue weighted by Gasteiger charge is -2.31. The zero-order valence-corrected chi connectivity index (χ0v) is 14.5. The first kappa shape index (κ1) is 17.6. The van der Waals surface area contributed by atoms with E-state index in [1.165, 1.54) is 0 Å². The minimum absolute atomic E-state index is 0.132. The van der Waals surface area contributed by atoms with Crippen molar-refractivity contribution in [3.05, 3.63) is 53.6 Å². The third kappa shape index (κ3) is 4.27. The number of aromatic nitrogens is 2. The van der Waals surface area contributed by atoms with Crippen molar-refractivity contribution < 1.29 is 14.6 Å². The Labute approximate surface area is 147 Å². The fraction of sp³-hybridized carbons (Fsp3) is 0.474. The molecule has 2 N–H and O–H groups in total. The lowest BCUT2D eigenvalue weighted by Crippen LogP contribution is -2.34. The molecule has 1 fully saturated rings. The number of carboxylic acid groups (broad SMARTS) is 1. The molecule has 1 saturated heterocycles. The van der Waals surface area contributed by atoms with E-state index in [4.69, 9.17) is 9.84 Å². The van der Waals surface area contributed by atoms with Gasteiger partial charge in [0.1, 0.15) is 5.82 Å². The van der Waals surface area contributed by atoms with Crippen molar-refractivity contribution in [3.63, 3.8) is 0 Å². The molecule has 2 heterocycles. The minimum atomic E-state index is -0.899. The highest BCUT2D eigenvalue weighted by Crippen LogP contribution is 2.29. The number of rotatable bonds is 7. The molecule has 0 saturated carbocycles. The fourth-order valence-corrected chi connectivity index (χ4v) is 3.43. The molecule has 3 rings (SSSR count). The molecule has 6 nitrogen and oxygen atoms in total. The Kier molecular flexibility index (Phi) is 5.83. The van der Waals surface area contributed by atoms with Crippen LogP contribution in [0.3, 0.4) is 0 Å². The fourth-order valence-electron chi connectivity index (χ4n) is 3.43. The summed E-state index contributed by atoms with van der Waals surface area (Å²) in [6.07, 6.45) is 5.86. The van der Waals surface area contributed by atoms with Gasteiger partial charge >= 0.3 is 5.97 Å². The maximum absolute atomic E-state index is 11.2. The van der Waals surface area contributed by atoms with Crippen LogP contribution in [0.2, 0.25) is 0 Å². The Hall–Kier alpha value is -2.18. The van der Waals surface area contributed by atoms with Crippen molar-refractivity contribution in [1.82, 2.24) is 14.9 Å². The summed E-state index contributed by atoms with van der Waals surface area (Å²) in [5.41, 5.74) is 1.28. The summed E-state index contributed by atoms with van der Waals surface area (Å²) >= 11 is 0. The number of imidazole rings is 1. The molecule has 1 aliphatic rings. The molecule has 1 aromatic carbocycles. The van der Waals surface area contributed by atoms with E-state index in [0.717, 1.165) is 44.0 Å². The Bertz CT molecular complexity index is 707. The number of carbonyl (C=O) groups is 1. The van der Waals surface area contributed by atoms with Crippen LogP contribution in [0.1, 0.15) is 47.6 Å². The zero-order valence-electron chi connectivity index (χ0n) is 14.5. The number of carboxylic acids is 1. The van der Waals surface area contributed by atoms with E-state index in [-0.39, 0.29) is 6.04 Å². The molecule has 134 valence electrons. The molecule has 0 bridgehead atoms. The second-order valence-corrected chi connectivity index (χ2v) is 6.39. The molecule has 2 aromatic rings. The average molecular weight is 343 g/mol. The highest BCUT2D eigenvalue weighted by Gasteiger charge is 2.28. The summed E-state index contributed by atoms with van der Waals surface area (Å²) in [5, 5.41) is 12.8. The number of benzene rings is 1. The van der Waals surface area contributed by atoms with Crippen LogP contribution in [0.4, 0.5) is 0 Å². The van der Waals surface area contributed by atoms with E-state index in [0.29, 0.717) is 18.0 Å². The quantitative estimate of drug-likeness (QED) is 0.808. The summed E-state index contributed by atoms with van der Waals surface area (Å²) in [4.78, 5) is 15.7. The van der Waals surface area contributed by atoms with Crippen molar-refractivity contribution in [2.45, 2.75) is 38.9 Å². The molecule has 1 aliphatic heterocycles. The van der Waals surface area contributed by atoms with Crippen LogP contribution in [-0.2, 0) is 17.8 Å². The molecule has 0 amide bonds. The number of hydrogen-bond donors (Lipinski definition) is 2. The van der Waals surface area contributed by atoms with Crippen molar-refractivity contribution in [2.24, 2.45) is 5.92 Å². The van der Waals surface area contributed by atoms with Gasteiger partial charge in [0, 0.05) is 38.7 Å². The molecule has 1 atom stereocenters. The number of aromatic carboxylic acids is 1. The van der Waals surface area contributed by atoms with Gasteiger partial charge in [-0.3, -0.25) is 0 Å². The smallest absolute Gasteiger partial charge is 0.335 e. The standard InChI is InChI=1S/C19H25N3O3/c1-2-22-9-8-20-18(22)17(15-6-10-25-11-7-15)21-13-14-4-3-5-16(12-14)19(23)24/h3-5,8-9,12,15,17,21H,2,6-7,10-11,13H2,1H3,(H,23,24). The van der Waals surface area contributed by atoms with Gasteiger partial charge in [0.15, 0.2) is 0 Å². The molecule has 25 heavy (non-hydrogen) atoms. The number of nitrogens with zero attached hydrogens (tertiary/aromatic N) is 2. The number of ether oxygens (including phenoxy) is 1. The van der Waals surface area contributed by atoms with Crippen molar-refractivity contribution >= 4 is 5.97 Å². The summed E-state index contributed by atoms with van der Waals surface area (Å²) < 4.78 is 7.68. The first-order valence-corrected chi connectivity index (χ1v) is 8.83. The van der Waals surface area contributed by atoms with Crippen LogP contribution in [0.15, 0.2) is 36.7 Å². The third-order valence-electron chi connectivity index (χ3n) is 4.80. The van der Waals surface area contributed by atoms with Crippen LogP contribution in [0.25, 0.3) is 0 Å². The lowest BCUT2D eigenvalue weighted by atomic mass is 9.90. The van der Waals surface area contributed by atoms with E-state index in [9.17, 15) is 4.79 Å². The predicted molar refractivity (Wildman–Crippen MR) is 94.4 cm³/mol. The van der Waals surface area contributed by atoms with Crippen molar-refractivity contribution in [2.75, 3.05) is 13.2 Å². The first-order chi connectivity index (χ1) is 12.2. The topological polar surface area (TPSA) is 76.4 Å². The first-order valence-electron chi connectivity index (χ1n) is 8.83. The Morgan fingerprint density at radius 1 is 1.44 bits per heavy atom. The van der Waals surface area contributed by atoms with E-state index in [1.807, 2.05) is 18.5 Å².